The number of carbonyl (C=O) groups is 1. The highest BCUT2D eigenvalue weighted by Gasteiger charge is 2.32. The van der Waals surface area contributed by atoms with Gasteiger partial charge in [0.25, 0.3) is 5.91 Å². The first-order valence-electron chi connectivity index (χ1n) is 11.9. The molecule has 2 bridgehead atoms. The van der Waals surface area contributed by atoms with Crippen LogP contribution in [0.2, 0.25) is 0 Å². The summed E-state index contributed by atoms with van der Waals surface area (Å²) in [5, 5.41) is 3.21. The smallest absolute Gasteiger partial charge is 0.263 e. The molecule has 2 unspecified atom stereocenters. The molecule has 3 N–H and O–H groups in total. The fourth-order valence-corrected chi connectivity index (χ4v) is 6.48. The van der Waals surface area contributed by atoms with Crippen molar-refractivity contribution in [1.82, 2.24) is 15.3 Å². The molecule has 2 fully saturated rings. The van der Waals surface area contributed by atoms with Crippen molar-refractivity contribution in [3.63, 3.8) is 0 Å². The summed E-state index contributed by atoms with van der Waals surface area (Å²) in [6, 6.07) is 6.95. The number of hydrogen-bond acceptors (Lipinski definition) is 7. The summed E-state index contributed by atoms with van der Waals surface area (Å²) >= 11 is 1.32. The number of aryl methyl sites for hydroxylation is 2. The number of benzene rings is 1. The molecular formula is C25H29N5O2S. The number of anilines is 2. The Labute approximate surface area is 197 Å². The maximum Gasteiger partial charge on any atom is 0.263 e. The summed E-state index contributed by atoms with van der Waals surface area (Å²) in [6.45, 7) is 3.87. The molecule has 4 heterocycles. The standard InChI is InChI=1S/C25H29N5O2S/c1-14-11-27-22-21(26)23(33-25(22)28-14)24(31)29-17-7-5-16-10-18(8-6-15(16)9-17)30-12-19-3-2-4-20(13-30)32-19/h6,8,10-11,17,19-20H,2-5,7,9,12-13,26H2,1H3,(H,29,31)/t17-,19?,20?/m0/s1. The molecule has 0 radical (unpaired) electrons. The van der Waals surface area contributed by atoms with Crippen LogP contribution in [0.15, 0.2) is 24.4 Å². The summed E-state index contributed by atoms with van der Waals surface area (Å²) in [5.41, 5.74) is 12.1. The van der Waals surface area contributed by atoms with E-state index in [1.165, 1.54) is 47.4 Å². The van der Waals surface area contributed by atoms with Gasteiger partial charge in [-0.25, -0.2) is 9.97 Å². The van der Waals surface area contributed by atoms with Crippen LogP contribution in [0.25, 0.3) is 10.3 Å². The van der Waals surface area contributed by atoms with Crippen molar-refractivity contribution in [2.45, 2.75) is 63.7 Å². The number of hydrogen-bond donors (Lipinski definition) is 2. The van der Waals surface area contributed by atoms with Gasteiger partial charge in [-0.2, -0.15) is 0 Å². The van der Waals surface area contributed by atoms with E-state index in [-0.39, 0.29) is 11.9 Å². The van der Waals surface area contributed by atoms with Crippen LogP contribution in [0.4, 0.5) is 11.4 Å². The fourth-order valence-electron chi connectivity index (χ4n) is 5.48. The zero-order chi connectivity index (χ0) is 22.5. The lowest BCUT2D eigenvalue weighted by Crippen LogP contribution is -2.50. The van der Waals surface area contributed by atoms with Gasteiger partial charge in [0.15, 0.2) is 0 Å². The predicted molar refractivity (Wildman–Crippen MR) is 131 cm³/mol. The van der Waals surface area contributed by atoms with Gasteiger partial charge < -0.3 is 20.7 Å². The van der Waals surface area contributed by atoms with Crippen LogP contribution in [0, 0.1) is 6.92 Å². The molecule has 1 aliphatic carbocycles. The molecule has 33 heavy (non-hydrogen) atoms. The number of morpholine rings is 1. The van der Waals surface area contributed by atoms with E-state index in [1.54, 1.807) is 6.20 Å². The molecular weight excluding hydrogens is 434 g/mol. The van der Waals surface area contributed by atoms with Gasteiger partial charge in [-0.1, -0.05) is 6.07 Å². The molecule has 8 heteroatoms. The quantitative estimate of drug-likeness (QED) is 0.616. The number of nitrogens with zero attached hydrogens (tertiary/aromatic N) is 3. The molecule has 2 aliphatic heterocycles. The Balaban J connectivity index is 1.15. The van der Waals surface area contributed by atoms with Crippen LogP contribution in [-0.2, 0) is 17.6 Å². The molecule has 172 valence electrons. The predicted octanol–water partition coefficient (Wildman–Crippen LogP) is 3.63. The van der Waals surface area contributed by atoms with Crippen molar-refractivity contribution in [1.29, 1.82) is 0 Å². The molecule has 1 aromatic carbocycles. The fraction of sp³-hybridized carbons (Fsp3) is 0.480. The molecule has 3 aromatic rings. The first-order chi connectivity index (χ1) is 16.0. The van der Waals surface area contributed by atoms with Gasteiger partial charge in [0.05, 0.1) is 23.6 Å². The number of nitrogens with one attached hydrogen (secondary N) is 1. The number of nitrogen functional groups attached to an aromatic ring is 1. The molecule has 0 spiro atoms. The third kappa shape index (κ3) is 3.95. The monoisotopic (exact) mass is 463 g/mol. The highest BCUT2D eigenvalue weighted by molar-refractivity contribution is 7.21. The molecule has 3 aliphatic rings. The van der Waals surface area contributed by atoms with Crippen molar-refractivity contribution in [2.24, 2.45) is 0 Å². The number of carbonyl (C=O) groups excluding carboxylic acids is 1. The van der Waals surface area contributed by atoms with Crippen LogP contribution in [0.5, 0.6) is 0 Å². The Hall–Kier alpha value is -2.71. The van der Waals surface area contributed by atoms with Crippen molar-refractivity contribution >= 4 is 39.0 Å². The minimum absolute atomic E-state index is 0.103. The Morgan fingerprint density at radius 3 is 2.85 bits per heavy atom. The van der Waals surface area contributed by atoms with Gasteiger partial charge in [-0.05, 0) is 68.7 Å². The number of amides is 1. The van der Waals surface area contributed by atoms with E-state index in [0.29, 0.717) is 33.1 Å². The number of rotatable bonds is 3. The zero-order valence-electron chi connectivity index (χ0n) is 18.8. The Morgan fingerprint density at radius 1 is 1.21 bits per heavy atom. The van der Waals surface area contributed by atoms with Crippen LogP contribution < -0.4 is 16.0 Å². The number of aromatic nitrogens is 2. The van der Waals surface area contributed by atoms with E-state index in [9.17, 15) is 4.79 Å². The van der Waals surface area contributed by atoms with Crippen LogP contribution in [-0.4, -0.2) is 47.2 Å². The lowest BCUT2D eigenvalue weighted by molar-refractivity contribution is -0.0605. The van der Waals surface area contributed by atoms with E-state index in [2.05, 4.69) is 38.4 Å². The summed E-state index contributed by atoms with van der Waals surface area (Å²) in [5.74, 6) is -0.125. The third-order valence-electron chi connectivity index (χ3n) is 7.17. The first kappa shape index (κ1) is 20.9. The number of fused-ring (bicyclic) bond motifs is 4. The highest BCUT2D eigenvalue weighted by atomic mass is 32.1. The van der Waals surface area contributed by atoms with E-state index >= 15 is 0 Å². The van der Waals surface area contributed by atoms with Gasteiger partial charge in [-0.15, -0.1) is 11.3 Å². The van der Waals surface area contributed by atoms with Crippen molar-refractivity contribution < 1.29 is 9.53 Å². The number of thiophene rings is 1. The molecule has 7 nitrogen and oxygen atoms in total. The lowest BCUT2D eigenvalue weighted by atomic mass is 9.87. The summed E-state index contributed by atoms with van der Waals surface area (Å²) in [6.07, 6.45) is 8.82. The van der Waals surface area contributed by atoms with Gasteiger partial charge >= 0.3 is 0 Å². The van der Waals surface area contributed by atoms with Gasteiger partial charge in [0.2, 0.25) is 0 Å². The van der Waals surface area contributed by atoms with Crippen LogP contribution in [0.3, 0.4) is 0 Å². The van der Waals surface area contributed by atoms with E-state index < -0.39 is 0 Å². The second-order valence-electron chi connectivity index (χ2n) is 9.59. The molecule has 6 rings (SSSR count). The minimum Gasteiger partial charge on any atom is -0.396 e. The van der Waals surface area contributed by atoms with Crippen LogP contribution in [0.1, 0.15) is 52.2 Å². The molecule has 2 saturated heterocycles. The molecule has 0 saturated carbocycles. The van der Waals surface area contributed by atoms with E-state index in [0.717, 1.165) is 38.0 Å². The van der Waals surface area contributed by atoms with Crippen molar-refractivity contribution in [3.8, 4) is 0 Å². The summed E-state index contributed by atoms with van der Waals surface area (Å²) in [4.78, 5) is 25.5. The van der Waals surface area contributed by atoms with Crippen molar-refractivity contribution in [3.05, 3.63) is 46.1 Å². The summed E-state index contributed by atoms with van der Waals surface area (Å²) < 4.78 is 6.11. The van der Waals surface area contributed by atoms with E-state index in [4.69, 9.17) is 10.5 Å². The number of nitrogens with two attached hydrogens (primary N) is 1. The normalized spacial score (nSPS) is 24.5. The molecule has 1 amide bonds. The molecule has 2 aromatic heterocycles. The van der Waals surface area contributed by atoms with Crippen molar-refractivity contribution in [2.75, 3.05) is 23.7 Å². The Kier molecular flexibility index (Phi) is 5.22. The Bertz CT molecular complexity index is 1210. The average molecular weight is 464 g/mol. The van der Waals surface area contributed by atoms with Crippen LogP contribution >= 0.6 is 11.3 Å². The van der Waals surface area contributed by atoms with Gasteiger partial charge in [-0.3, -0.25) is 4.79 Å². The first-order valence-corrected chi connectivity index (χ1v) is 12.7. The third-order valence-corrected chi connectivity index (χ3v) is 8.26. The second-order valence-corrected chi connectivity index (χ2v) is 10.6. The second kappa shape index (κ2) is 8.25. The lowest BCUT2D eigenvalue weighted by Gasteiger charge is -2.43. The topological polar surface area (TPSA) is 93.4 Å². The largest absolute Gasteiger partial charge is 0.396 e. The van der Waals surface area contributed by atoms with Gasteiger partial charge in [0, 0.05) is 31.0 Å². The number of ether oxygens (including phenoxy) is 1. The Morgan fingerprint density at radius 2 is 2.03 bits per heavy atom. The maximum absolute atomic E-state index is 13.0. The zero-order valence-corrected chi connectivity index (χ0v) is 19.7. The molecule has 3 atom stereocenters. The summed E-state index contributed by atoms with van der Waals surface area (Å²) in [7, 11) is 0. The van der Waals surface area contributed by atoms with Gasteiger partial charge in [0.1, 0.15) is 15.2 Å². The van der Waals surface area contributed by atoms with E-state index in [1.807, 2.05) is 6.92 Å². The highest BCUT2D eigenvalue weighted by Crippen LogP contribution is 2.33. The average Bonchev–Trinajstić information content (AvgIpc) is 3.14. The maximum atomic E-state index is 13.0. The SMILES string of the molecule is Cc1cnc2c(N)c(C(=O)N[C@H]3CCc4cc(N5CC6CCCC(C5)O6)ccc4C3)sc2n1. The minimum atomic E-state index is -0.125.